The van der Waals surface area contributed by atoms with E-state index in [0.717, 1.165) is 36.4 Å². The van der Waals surface area contributed by atoms with Gasteiger partial charge in [0.1, 0.15) is 17.4 Å². The molecule has 0 spiro atoms. The molecule has 1 fully saturated rings. The van der Waals surface area contributed by atoms with E-state index in [1.807, 2.05) is 18.2 Å². The van der Waals surface area contributed by atoms with E-state index in [-0.39, 0.29) is 6.10 Å². The van der Waals surface area contributed by atoms with Crippen molar-refractivity contribution in [2.45, 2.75) is 18.9 Å². The monoisotopic (exact) mass is 218 g/mol. The fraction of sp³-hybridized carbons (Fsp3) is 0.417. The Kier molecular flexibility index (Phi) is 2.50. The van der Waals surface area contributed by atoms with Crippen molar-refractivity contribution in [1.29, 1.82) is 0 Å². The van der Waals surface area contributed by atoms with Crippen molar-refractivity contribution in [1.82, 2.24) is 10.3 Å². The molecule has 84 valence electrons. The van der Waals surface area contributed by atoms with Crippen molar-refractivity contribution >= 4 is 11.1 Å². The Morgan fingerprint density at radius 1 is 1.44 bits per heavy atom. The smallest absolute Gasteiger partial charge is 0.181 e. The largest absolute Gasteiger partial charge is 0.489 e. The third kappa shape index (κ3) is 1.88. The van der Waals surface area contributed by atoms with Gasteiger partial charge in [0.05, 0.1) is 0 Å². The van der Waals surface area contributed by atoms with Crippen LogP contribution in [0.2, 0.25) is 0 Å². The highest BCUT2D eigenvalue weighted by Gasteiger charge is 2.14. The molecule has 1 aromatic carbocycles. The number of aromatic nitrogens is 1. The molecule has 4 nitrogen and oxygen atoms in total. The van der Waals surface area contributed by atoms with E-state index >= 15 is 0 Å². The highest BCUT2D eigenvalue weighted by Crippen LogP contribution is 2.21. The van der Waals surface area contributed by atoms with Crippen LogP contribution >= 0.6 is 0 Å². The van der Waals surface area contributed by atoms with Gasteiger partial charge in [0, 0.05) is 12.6 Å². The summed E-state index contributed by atoms with van der Waals surface area (Å²) in [6.45, 7) is 2.02. The first-order chi connectivity index (χ1) is 7.92. The standard InChI is InChI=1S/C12H14N2O2/c1-2-10(7-13-5-1)16-9-3-4-11-12(6-9)15-8-14-11/h3-4,6,8,10,13H,1-2,5,7H2. The van der Waals surface area contributed by atoms with Crippen LogP contribution in [0.25, 0.3) is 11.1 Å². The van der Waals surface area contributed by atoms with E-state index in [2.05, 4.69) is 10.3 Å². The number of hydrogen-bond acceptors (Lipinski definition) is 4. The molecular weight excluding hydrogens is 204 g/mol. The lowest BCUT2D eigenvalue weighted by atomic mass is 10.1. The van der Waals surface area contributed by atoms with Crippen molar-refractivity contribution in [3.63, 3.8) is 0 Å². The lowest BCUT2D eigenvalue weighted by Gasteiger charge is -2.23. The summed E-state index contributed by atoms with van der Waals surface area (Å²) in [4.78, 5) is 4.07. The Hall–Kier alpha value is -1.55. The molecular formula is C12H14N2O2. The Bertz CT molecular complexity index is 475. The summed E-state index contributed by atoms with van der Waals surface area (Å²) in [5.41, 5.74) is 1.65. The highest BCUT2D eigenvalue weighted by molar-refractivity contribution is 5.73. The number of nitrogens with one attached hydrogen (secondary N) is 1. The normalized spacial score (nSPS) is 21.1. The number of fused-ring (bicyclic) bond motifs is 1. The van der Waals surface area contributed by atoms with Crippen molar-refractivity contribution in [2.75, 3.05) is 13.1 Å². The molecule has 1 atom stereocenters. The van der Waals surface area contributed by atoms with Gasteiger partial charge in [0.15, 0.2) is 12.0 Å². The summed E-state index contributed by atoms with van der Waals surface area (Å²) < 4.78 is 11.1. The number of ether oxygens (including phenoxy) is 1. The number of piperidine rings is 1. The molecule has 3 rings (SSSR count). The van der Waals surface area contributed by atoms with Gasteiger partial charge in [0.2, 0.25) is 0 Å². The molecule has 0 bridgehead atoms. The molecule has 1 unspecified atom stereocenters. The van der Waals surface area contributed by atoms with E-state index in [1.165, 1.54) is 12.8 Å². The number of rotatable bonds is 2. The van der Waals surface area contributed by atoms with Crippen molar-refractivity contribution in [2.24, 2.45) is 0 Å². The first kappa shape index (κ1) is 9.66. The Labute approximate surface area is 93.6 Å². The highest BCUT2D eigenvalue weighted by atomic mass is 16.5. The van der Waals surface area contributed by atoms with E-state index in [4.69, 9.17) is 9.15 Å². The maximum absolute atomic E-state index is 5.88. The average molecular weight is 218 g/mol. The van der Waals surface area contributed by atoms with Crippen LogP contribution < -0.4 is 10.1 Å². The summed E-state index contributed by atoms with van der Waals surface area (Å²) in [6, 6.07) is 5.76. The van der Waals surface area contributed by atoms with Gasteiger partial charge in [-0.15, -0.1) is 0 Å². The van der Waals surface area contributed by atoms with Gasteiger partial charge in [-0.2, -0.15) is 0 Å². The first-order valence-electron chi connectivity index (χ1n) is 5.62. The molecule has 16 heavy (non-hydrogen) atoms. The number of hydrogen-bond donors (Lipinski definition) is 1. The molecule has 1 saturated heterocycles. The summed E-state index contributed by atoms with van der Waals surface area (Å²) in [5.74, 6) is 0.859. The molecule has 2 aromatic rings. The van der Waals surface area contributed by atoms with E-state index in [0.29, 0.717) is 0 Å². The van der Waals surface area contributed by atoms with Crippen LogP contribution in [-0.4, -0.2) is 24.2 Å². The predicted molar refractivity (Wildman–Crippen MR) is 60.5 cm³/mol. The van der Waals surface area contributed by atoms with Crippen molar-refractivity contribution in [3.8, 4) is 5.75 Å². The lowest BCUT2D eigenvalue weighted by Crippen LogP contribution is -2.37. The second-order valence-electron chi connectivity index (χ2n) is 4.07. The Balaban J connectivity index is 1.77. The van der Waals surface area contributed by atoms with Gasteiger partial charge in [-0.1, -0.05) is 0 Å². The zero-order valence-corrected chi connectivity index (χ0v) is 8.98. The fourth-order valence-electron chi connectivity index (χ4n) is 2.02. The molecule has 1 aromatic heterocycles. The van der Waals surface area contributed by atoms with Gasteiger partial charge in [0.25, 0.3) is 0 Å². The van der Waals surface area contributed by atoms with Gasteiger partial charge in [-0.3, -0.25) is 0 Å². The fourth-order valence-corrected chi connectivity index (χ4v) is 2.02. The maximum Gasteiger partial charge on any atom is 0.181 e. The van der Waals surface area contributed by atoms with Crippen LogP contribution in [0.1, 0.15) is 12.8 Å². The van der Waals surface area contributed by atoms with Gasteiger partial charge in [-0.05, 0) is 31.5 Å². The zero-order valence-electron chi connectivity index (χ0n) is 8.98. The van der Waals surface area contributed by atoms with Crippen molar-refractivity contribution < 1.29 is 9.15 Å². The third-order valence-electron chi connectivity index (χ3n) is 2.86. The molecule has 0 aliphatic carbocycles. The maximum atomic E-state index is 5.88. The molecule has 1 N–H and O–H groups in total. The lowest BCUT2D eigenvalue weighted by molar-refractivity contribution is 0.167. The Morgan fingerprint density at radius 3 is 3.31 bits per heavy atom. The zero-order chi connectivity index (χ0) is 10.8. The van der Waals surface area contributed by atoms with E-state index in [1.54, 1.807) is 0 Å². The summed E-state index contributed by atoms with van der Waals surface area (Å²) >= 11 is 0. The van der Waals surface area contributed by atoms with Crippen LogP contribution in [-0.2, 0) is 0 Å². The van der Waals surface area contributed by atoms with Gasteiger partial charge >= 0.3 is 0 Å². The third-order valence-corrected chi connectivity index (χ3v) is 2.86. The molecule has 1 aliphatic rings. The molecule has 2 heterocycles. The minimum absolute atomic E-state index is 0.272. The summed E-state index contributed by atoms with van der Waals surface area (Å²) in [7, 11) is 0. The minimum atomic E-state index is 0.272. The number of oxazole rings is 1. The first-order valence-corrected chi connectivity index (χ1v) is 5.62. The summed E-state index contributed by atoms with van der Waals surface area (Å²) in [5, 5.41) is 3.33. The molecule has 0 radical (unpaired) electrons. The van der Waals surface area contributed by atoms with Gasteiger partial charge in [-0.25, -0.2) is 4.98 Å². The van der Waals surface area contributed by atoms with Crippen molar-refractivity contribution in [3.05, 3.63) is 24.6 Å². The van der Waals surface area contributed by atoms with E-state index < -0.39 is 0 Å². The SMILES string of the molecule is c1nc2ccc(OC3CCCNC3)cc2o1. The van der Waals surface area contributed by atoms with Crippen LogP contribution in [0.5, 0.6) is 5.75 Å². The topological polar surface area (TPSA) is 47.3 Å². The molecule has 0 saturated carbocycles. The molecule has 0 amide bonds. The quantitative estimate of drug-likeness (QED) is 0.837. The van der Waals surface area contributed by atoms with Gasteiger partial charge < -0.3 is 14.5 Å². The number of nitrogens with zero attached hydrogens (tertiary/aromatic N) is 1. The van der Waals surface area contributed by atoms with Crippen LogP contribution in [0.4, 0.5) is 0 Å². The van der Waals surface area contributed by atoms with Crippen LogP contribution in [0, 0.1) is 0 Å². The van der Waals surface area contributed by atoms with E-state index in [9.17, 15) is 0 Å². The average Bonchev–Trinajstić information content (AvgIpc) is 2.77. The van der Waals surface area contributed by atoms with Crippen LogP contribution in [0.15, 0.2) is 29.0 Å². The summed E-state index contributed by atoms with van der Waals surface area (Å²) in [6.07, 6.45) is 4.02. The predicted octanol–water partition coefficient (Wildman–Crippen LogP) is 1.96. The number of benzene rings is 1. The second-order valence-corrected chi connectivity index (χ2v) is 4.07. The Morgan fingerprint density at radius 2 is 2.44 bits per heavy atom. The second kappa shape index (κ2) is 4.14. The molecule has 1 aliphatic heterocycles. The van der Waals surface area contributed by atoms with Crippen LogP contribution in [0.3, 0.4) is 0 Å². The molecule has 4 heteroatoms. The minimum Gasteiger partial charge on any atom is -0.489 e.